The number of aromatic nitrogens is 2. The molecule has 2 aliphatic rings. The summed E-state index contributed by atoms with van der Waals surface area (Å²) in [7, 11) is 1.69. The fourth-order valence-electron chi connectivity index (χ4n) is 4.62. The van der Waals surface area contributed by atoms with Gasteiger partial charge in [-0.2, -0.15) is 0 Å². The summed E-state index contributed by atoms with van der Waals surface area (Å²) < 4.78 is 16.3. The quantitative estimate of drug-likeness (QED) is 0.359. The monoisotopic (exact) mass is 521 g/mol. The molecule has 0 N–H and O–H groups in total. The van der Waals surface area contributed by atoms with Gasteiger partial charge in [-0.15, -0.1) is 11.3 Å². The van der Waals surface area contributed by atoms with Gasteiger partial charge in [-0.05, 0) is 24.6 Å². The molecule has 2 aliphatic heterocycles. The van der Waals surface area contributed by atoms with Crippen molar-refractivity contribution in [2.24, 2.45) is 0 Å². The maximum absolute atomic E-state index is 12.8. The number of piperazine rings is 1. The first-order valence-corrected chi connectivity index (χ1v) is 13.3. The number of carbonyl (C=O) groups excluding carboxylic acids is 1. The summed E-state index contributed by atoms with van der Waals surface area (Å²) in [6, 6.07) is 8.16. The highest BCUT2D eigenvalue weighted by molar-refractivity contribution is 7.20. The molecule has 1 aromatic carbocycles. The first-order chi connectivity index (χ1) is 18.1. The van der Waals surface area contributed by atoms with E-state index in [0.29, 0.717) is 24.6 Å². The van der Waals surface area contributed by atoms with E-state index in [0.717, 1.165) is 66.6 Å². The Morgan fingerprint density at radius 2 is 1.89 bits per heavy atom. The van der Waals surface area contributed by atoms with Crippen LogP contribution in [0.5, 0.6) is 5.75 Å². The number of aryl methyl sites for hydroxylation is 1. The Balaban J connectivity index is 1.12. The number of carbonyl (C=O) groups is 1. The second kappa shape index (κ2) is 11.8. The van der Waals surface area contributed by atoms with Gasteiger partial charge in [0.2, 0.25) is 0 Å². The first kappa shape index (κ1) is 25.3. The van der Waals surface area contributed by atoms with Crippen molar-refractivity contribution in [1.82, 2.24) is 14.9 Å². The molecule has 3 aromatic rings. The van der Waals surface area contributed by atoms with Gasteiger partial charge in [0, 0.05) is 51.0 Å². The number of hydrogen-bond acceptors (Lipinski definition) is 10. The third-order valence-electron chi connectivity index (χ3n) is 6.70. The number of esters is 1. The Kier molecular flexibility index (Phi) is 8.04. The lowest BCUT2D eigenvalue weighted by atomic mass is 10.2. The van der Waals surface area contributed by atoms with Crippen molar-refractivity contribution in [1.29, 1.82) is 0 Å². The average molecular weight is 522 g/mol. The molecule has 4 heterocycles. The largest absolute Gasteiger partial charge is 0.497 e. The lowest BCUT2D eigenvalue weighted by Gasteiger charge is -2.35. The molecule has 0 spiro atoms. The molecule has 0 aliphatic carbocycles. The summed E-state index contributed by atoms with van der Waals surface area (Å²) in [5.41, 5.74) is 2.03. The topological polar surface area (TPSA) is 80.3 Å². The van der Waals surface area contributed by atoms with E-state index in [1.165, 1.54) is 17.0 Å². The number of fused-ring (bicyclic) bond motifs is 1. The number of ether oxygens (including phenoxy) is 3. The summed E-state index contributed by atoms with van der Waals surface area (Å²) in [4.78, 5) is 29.9. The van der Waals surface area contributed by atoms with Gasteiger partial charge in [0.1, 0.15) is 27.6 Å². The van der Waals surface area contributed by atoms with Crippen LogP contribution >= 0.6 is 11.3 Å². The molecule has 37 heavy (non-hydrogen) atoms. The number of morpholine rings is 1. The highest BCUT2D eigenvalue weighted by atomic mass is 32.1. The van der Waals surface area contributed by atoms with E-state index in [1.807, 2.05) is 19.1 Å². The maximum Gasteiger partial charge on any atom is 0.349 e. The number of anilines is 2. The summed E-state index contributed by atoms with van der Waals surface area (Å²) in [6.07, 6.45) is 1.56. The van der Waals surface area contributed by atoms with E-state index in [1.54, 1.807) is 13.4 Å². The van der Waals surface area contributed by atoms with Crippen LogP contribution in [0.2, 0.25) is 0 Å². The van der Waals surface area contributed by atoms with Crippen LogP contribution in [-0.2, 0) is 9.47 Å². The van der Waals surface area contributed by atoms with Gasteiger partial charge in [-0.1, -0.05) is 17.9 Å². The van der Waals surface area contributed by atoms with Gasteiger partial charge < -0.3 is 24.0 Å². The van der Waals surface area contributed by atoms with Crippen LogP contribution in [0.4, 0.5) is 11.5 Å². The number of methoxy groups -OCH3 is 1. The highest BCUT2D eigenvalue weighted by Gasteiger charge is 2.23. The Hall–Kier alpha value is -3.39. The lowest BCUT2D eigenvalue weighted by molar-refractivity contribution is 0.0561. The molecule has 0 radical (unpaired) electrons. The third-order valence-corrected chi connectivity index (χ3v) is 7.88. The van der Waals surface area contributed by atoms with Crippen molar-refractivity contribution >= 4 is 39.0 Å². The van der Waals surface area contributed by atoms with Gasteiger partial charge in [0.05, 0.1) is 32.3 Å². The minimum absolute atomic E-state index is 0.0678. The van der Waals surface area contributed by atoms with Gasteiger partial charge >= 0.3 is 5.97 Å². The Bertz CT molecular complexity index is 1300. The van der Waals surface area contributed by atoms with Gasteiger partial charge in [-0.25, -0.2) is 14.8 Å². The van der Waals surface area contributed by atoms with Crippen LogP contribution < -0.4 is 14.5 Å². The second-order valence-electron chi connectivity index (χ2n) is 8.93. The SMILES string of the molecule is COc1cccc(N2CCN(CC#CCOC(=O)c3sc4ncnc(N5CCOCC5)c4c3C)CC2)c1. The van der Waals surface area contributed by atoms with Crippen LogP contribution in [0.1, 0.15) is 15.2 Å². The molecule has 0 amide bonds. The average Bonchev–Trinajstić information content (AvgIpc) is 3.30. The maximum atomic E-state index is 12.8. The first-order valence-electron chi connectivity index (χ1n) is 12.4. The summed E-state index contributed by atoms with van der Waals surface area (Å²) in [6.45, 7) is 9.26. The summed E-state index contributed by atoms with van der Waals surface area (Å²) in [5, 5.41) is 0.917. The molecular weight excluding hydrogens is 490 g/mol. The number of rotatable bonds is 6. The van der Waals surface area contributed by atoms with Crippen molar-refractivity contribution in [2.75, 3.05) is 82.5 Å². The Morgan fingerprint density at radius 1 is 1.08 bits per heavy atom. The van der Waals surface area contributed by atoms with Crippen molar-refractivity contribution < 1.29 is 19.0 Å². The lowest BCUT2D eigenvalue weighted by Crippen LogP contribution is -2.46. The number of benzene rings is 1. The van der Waals surface area contributed by atoms with E-state index in [4.69, 9.17) is 14.2 Å². The van der Waals surface area contributed by atoms with E-state index in [-0.39, 0.29) is 12.6 Å². The molecule has 0 bridgehead atoms. The smallest absolute Gasteiger partial charge is 0.349 e. The van der Waals surface area contributed by atoms with Crippen molar-refractivity contribution in [3.05, 3.63) is 41.0 Å². The molecule has 9 nitrogen and oxygen atoms in total. The van der Waals surface area contributed by atoms with Gasteiger partial charge in [0.15, 0.2) is 6.61 Å². The van der Waals surface area contributed by atoms with Crippen LogP contribution in [0, 0.1) is 18.8 Å². The van der Waals surface area contributed by atoms with Crippen LogP contribution in [0.25, 0.3) is 10.2 Å². The minimum atomic E-state index is -0.366. The predicted octanol–water partition coefficient (Wildman–Crippen LogP) is 2.83. The van der Waals surface area contributed by atoms with E-state index < -0.39 is 0 Å². The Morgan fingerprint density at radius 3 is 2.68 bits per heavy atom. The fourth-order valence-corrected chi connectivity index (χ4v) is 5.66. The summed E-state index contributed by atoms with van der Waals surface area (Å²) >= 11 is 1.34. The van der Waals surface area contributed by atoms with E-state index in [2.05, 4.69) is 48.6 Å². The zero-order valence-corrected chi connectivity index (χ0v) is 22.1. The molecule has 2 aromatic heterocycles. The minimum Gasteiger partial charge on any atom is -0.497 e. The zero-order chi connectivity index (χ0) is 25.6. The predicted molar refractivity (Wildman–Crippen MR) is 145 cm³/mol. The number of hydrogen-bond donors (Lipinski definition) is 0. The molecule has 0 saturated carbocycles. The standard InChI is InChI=1S/C27H31N5O4S/c1-20-23-25(32-13-16-35-17-14-32)28-19-29-26(23)37-24(20)27(33)36-15-4-3-8-30-9-11-31(12-10-30)21-6-5-7-22(18-21)34-2/h5-7,18-19H,8-17H2,1-2H3. The van der Waals surface area contributed by atoms with Crippen molar-refractivity contribution in [2.45, 2.75) is 6.92 Å². The van der Waals surface area contributed by atoms with Gasteiger partial charge in [-0.3, -0.25) is 4.90 Å². The third kappa shape index (κ3) is 5.80. The van der Waals surface area contributed by atoms with Crippen molar-refractivity contribution in [3.8, 4) is 17.6 Å². The molecule has 2 saturated heterocycles. The van der Waals surface area contributed by atoms with Crippen LogP contribution in [0.15, 0.2) is 30.6 Å². The van der Waals surface area contributed by atoms with Crippen LogP contribution in [0.3, 0.4) is 0 Å². The highest BCUT2D eigenvalue weighted by Crippen LogP contribution is 2.35. The summed E-state index contributed by atoms with van der Waals surface area (Å²) in [5.74, 6) is 7.51. The van der Waals surface area contributed by atoms with E-state index >= 15 is 0 Å². The second-order valence-corrected chi connectivity index (χ2v) is 9.93. The van der Waals surface area contributed by atoms with Crippen molar-refractivity contribution in [3.63, 3.8) is 0 Å². The molecule has 10 heteroatoms. The fraction of sp³-hybridized carbons (Fsp3) is 0.444. The number of thiophene rings is 1. The van der Waals surface area contributed by atoms with Gasteiger partial charge in [0.25, 0.3) is 0 Å². The normalized spacial score (nSPS) is 16.4. The Labute approximate surface area is 220 Å². The molecule has 194 valence electrons. The van der Waals surface area contributed by atoms with E-state index in [9.17, 15) is 4.79 Å². The molecular formula is C27H31N5O4S. The zero-order valence-electron chi connectivity index (χ0n) is 21.2. The van der Waals surface area contributed by atoms with Crippen LogP contribution in [-0.4, -0.2) is 93.6 Å². The molecule has 0 atom stereocenters. The molecule has 2 fully saturated rings. The molecule has 0 unspecified atom stereocenters. The number of nitrogens with zero attached hydrogens (tertiary/aromatic N) is 5. The molecule has 5 rings (SSSR count).